The molecule has 0 heterocycles. The molecule has 3 aromatic rings. The molecule has 1 heteroatoms. The van der Waals surface area contributed by atoms with Crippen molar-refractivity contribution >= 4 is 0 Å². The zero-order valence-electron chi connectivity index (χ0n) is 17.1. The molecule has 0 amide bonds. The van der Waals surface area contributed by atoms with Crippen molar-refractivity contribution in [2.24, 2.45) is 0 Å². The Bertz CT molecular complexity index is 989. The van der Waals surface area contributed by atoms with Crippen LogP contribution in [0.1, 0.15) is 51.3 Å². The zero-order chi connectivity index (χ0) is 19.2. The molecule has 1 N–H and O–H groups in total. The third-order valence-electron chi connectivity index (χ3n) is 5.43. The average molecular weight is 356 g/mol. The van der Waals surface area contributed by atoms with Crippen LogP contribution in [0, 0.1) is 0 Å². The fraction of sp³-hybridized carbons (Fsp3) is 0.308. The predicted octanol–water partition coefficient (Wildman–Crippen LogP) is 6.55. The lowest BCUT2D eigenvalue weighted by atomic mass is 9.83. The van der Waals surface area contributed by atoms with Crippen molar-refractivity contribution in [1.29, 1.82) is 0 Å². The maximum absolute atomic E-state index is 3.81. The van der Waals surface area contributed by atoms with E-state index in [0.29, 0.717) is 0 Å². The second kappa shape index (κ2) is 6.35. The van der Waals surface area contributed by atoms with Gasteiger partial charge in [0.2, 0.25) is 0 Å². The van der Waals surface area contributed by atoms with Gasteiger partial charge in [-0.1, -0.05) is 66.7 Å². The average Bonchev–Trinajstić information content (AvgIpc) is 2.98. The van der Waals surface area contributed by atoms with Gasteiger partial charge in [0, 0.05) is 11.1 Å². The summed E-state index contributed by atoms with van der Waals surface area (Å²) in [7, 11) is 0. The Labute approximate surface area is 163 Å². The summed E-state index contributed by atoms with van der Waals surface area (Å²) in [6.45, 7) is 11.3. The summed E-state index contributed by atoms with van der Waals surface area (Å²) in [5, 5.41) is 3.81. The molecule has 27 heavy (non-hydrogen) atoms. The molecule has 1 aliphatic carbocycles. The molecule has 0 radical (unpaired) electrons. The fourth-order valence-corrected chi connectivity index (χ4v) is 4.68. The molecular formula is C26H29N. The van der Waals surface area contributed by atoms with Gasteiger partial charge in [0.25, 0.3) is 0 Å². The van der Waals surface area contributed by atoms with Gasteiger partial charge in [-0.05, 0) is 80.0 Å². The van der Waals surface area contributed by atoms with Gasteiger partial charge in [0.1, 0.15) is 0 Å². The quantitative estimate of drug-likeness (QED) is 0.439. The standard InChI is InChI=1S/C26H29N/c1-25(2,3)27-26(4,5)24-16-9-8-13-22(24)21-15-10-14-20-19-12-7-6-11-18(19)17-23(20)21/h6-16,27H,17H2,1-5H3. The molecule has 1 nitrogen and oxygen atoms in total. The van der Waals surface area contributed by atoms with E-state index in [2.05, 4.69) is 107 Å². The third-order valence-corrected chi connectivity index (χ3v) is 5.43. The molecule has 0 fully saturated rings. The van der Waals surface area contributed by atoms with Crippen LogP contribution in [-0.4, -0.2) is 5.54 Å². The van der Waals surface area contributed by atoms with Gasteiger partial charge in [-0.15, -0.1) is 0 Å². The van der Waals surface area contributed by atoms with Crippen LogP contribution in [0.15, 0.2) is 66.7 Å². The third kappa shape index (κ3) is 3.33. The van der Waals surface area contributed by atoms with Crippen LogP contribution in [0.5, 0.6) is 0 Å². The molecule has 0 aliphatic heterocycles. The Hall–Kier alpha value is -2.38. The Morgan fingerprint density at radius 3 is 1.89 bits per heavy atom. The Morgan fingerprint density at radius 2 is 1.19 bits per heavy atom. The van der Waals surface area contributed by atoms with Crippen molar-refractivity contribution in [3.05, 3.63) is 83.4 Å². The molecular weight excluding hydrogens is 326 g/mol. The van der Waals surface area contributed by atoms with E-state index < -0.39 is 0 Å². The van der Waals surface area contributed by atoms with E-state index in [0.717, 1.165) is 6.42 Å². The van der Waals surface area contributed by atoms with E-state index in [1.807, 2.05) is 0 Å². The van der Waals surface area contributed by atoms with Crippen molar-refractivity contribution in [1.82, 2.24) is 5.32 Å². The normalized spacial score (nSPS) is 13.4. The second-order valence-electron chi connectivity index (χ2n) is 9.21. The maximum atomic E-state index is 3.81. The summed E-state index contributed by atoms with van der Waals surface area (Å²) in [5.74, 6) is 0. The monoisotopic (exact) mass is 355 g/mol. The largest absolute Gasteiger partial charge is 0.303 e. The van der Waals surface area contributed by atoms with Crippen LogP contribution >= 0.6 is 0 Å². The summed E-state index contributed by atoms with van der Waals surface area (Å²) in [4.78, 5) is 0. The van der Waals surface area contributed by atoms with E-state index >= 15 is 0 Å². The van der Waals surface area contributed by atoms with Crippen molar-refractivity contribution in [2.45, 2.75) is 52.1 Å². The van der Waals surface area contributed by atoms with Gasteiger partial charge in [-0.25, -0.2) is 0 Å². The summed E-state index contributed by atoms with van der Waals surface area (Å²) >= 11 is 0. The van der Waals surface area contributed by atoms with Crippen LogP contribution in [0.2, 0.25) is 0 Å². The van der Waals surface area contributed by atoms with E-state index in [4.69, 9.17) is 0 Å². The van der Waals surface area contributed by atoms with Gasteiger partial charge in [0.05, 0.1) is 0 Å². The molecule has 0 aromatic heterocycles. The van der Waals surface area contributed by atoms with E-state index in [1.165, 1.54) is 38.9 Å². The highest BCUT2D eigenvalue weighted by molar-refractivity contribution is 5.85. The molecule has 0 unspecified atom stereocenters. The molecule has 0 saturated heterocycles. The van der Waals surface area contributed by atoms with Gasteiger partial charge in [0.15, 0.2) is 0 Å². The van der Waals surface area contributed by atoms with Gasteiger partial charge < -0.3 is 5.32 Å². The Morgan fingerprint density at radius 1 is 0.630 bits per heavy atom. The molecule has 0 spiro atoms. The van der Waals surface area contributed by atoms with E-state index in [9.17, 15) is 0 Å². The Balaban J connectivity index is 1.86. The lowest BCUT2D eigenvalue weighted by Crippen LogP contribution is -2.48. The van der Waals surface area contributed by atoms with Crippen LogP contribution < -0.4 is 5.32 Å². The van der Waals surface area contributed by atoms with Gasteiger partial charge in [-0.3, -0.25) is 0 Å². The smallest absolute Gasteiger partial charge is 0.0387 e. The first-order chi connectivity index (χ1) is 12.8. The fourth-order valence-electron chi connectivity index (χ4n) is 4.68. The van der Waals surface area contributed by atoms with Crippen LogP contribution in [0.3, 0.4) is 0 Å². The zero-order valence-corrected chi connectivity index (χ0v) is 17.1. The SMILES string of the molecule is CC(C)(C)NC(C)(C)c1ccccc1-c1cccc2c1Cc1ccccc1-2. The minimum Gasteiger partial charge on any atom is -0.303 e. The predicted molar refractivity (Wildman–Crippen MR) is 116 cm³/mol. The van der Waals surface area contributed by atoms with Crippen molar-refractivity contribution in [2.75, 3.05) is 0 Å². The lowest BCUT2D eigenvalue weighted by Gasteiger charge is -2.37. The topological polar surface area (TPSA) is 12.0 Å². The first-order valence-corrected chi connectivity index (χ1v) is 9.86. The number of rotatable bonds is 3. The van der Waals surface area contributed by atoms with Crippen molar-refractivity contribution in [3.8, 4) is 22.3 Å². The van der Waals surface area contributed by atoms with Crippen molar-refractivity contribution in [3.63, 3.8) is 0 Å². The van der Waals surface area contributed by atoms with Crippen LogP contribution in [-0.2, 0) is 12.0 Å². The molecule has 1 aliphatic rings. The van der Waals surface area contributed by atoms with Gasteiger partial charge in [-0.2, -0.15) is 0 Å². The number of benzene rings is 3. The number of hydrogen-bond acceptors (Lipinski definition) is 1. The molecule has 0 bridgehead atoms. The highest BCUT2D eigenvalue weighted by Crippen LogP contribution is 2.43. The van der Waals surface area contributed by atoms with Crippen LogP contribution in [0.25, 0.3) is 22.3 Å². The molecule has 0 saturated carbocycles. The first-order valence-electron chi connectivity index (χ1n) is 9.86. The van der Waals surface area contributed by atoms with E-state index in [-0.39, 0.29) is 11.1 Å². The summed E-state index contributed by atoms with van der Waals surface area (Å²) in [6.07, 6.45) is 1.02. The molecule has 138 valence electrons. The second-order valence-corrected chi connectivity index (χ2v) is 9.21. The highest BCUT2D eigenvalue weighted by atomic mass is 15.0. The van der Waals surface area contributed by atoms with E-state index in [1.54, 1.807) is 0 Å². The lowest BCUT2D eigenvalue weighted by molar-refractivity contribution is 0.287. The summed E-state index contributed by atoms with van der Waals surface area (Å²) < 4.78 is 0. The number of hydrogen-bond donors (Lipinski definition) is 1. The summed E-state index contributed by atoms with van der Waals surface area (Å²) in [5.41, 5.74) is 9.64. The van der Waals surface area contributed by atoms with Crippen molar-refractivity contribution < 1.29 is 0 Å². The minimum atomic E-state index is -0.122. The van der Waals surface area contributed by atoms with Crippen LogP contribution in [0.4, 0.5) is 0 Å². The first kappa shape index (κ1) is 18.0. The minimum absolute atomic E-state index is 0.0471. The molecule has 0 atom stereocenters. The van der Waals surface area contributed by atoms with Gasteiger partial charge >= 0.3 is 0 Å². The highest BCUT2D eigenvalue weighted by Gasteiger charge is 2.29. The Kier molecular flexibility index (Phi) is 4.24. The molecule has 3 aromatic carbocycles. The molecule has 4 rings (SSSR count). The number of nitrogens with one attached hydrogen (secondary N) is 1. The summed E-state index contributed by atoms with van der Waals surface area (Å²) in [6, 6.07) is 24.4. The maximum Gasteiger partial charge on any atom is 0.0387 e. The number of fused-ring (bicyclic) bond motifs is 3.